The zero-order valence-electron chi connectivity index (χ0n) is 16.4. The van der Waals surface area contributed by atoms with Gasteiger partial charge in [-0.1, -0.05) is 6.07 Å². The van der Waals surface area contributed by atoms with Gasteiger partial charge in [0.05, 0.1) is 32.3 Å². The number of benzene rings is 2. The van der Waals surface area contributed by atoms with Gasteiger partial charge < -0.3 is 24.3 Å². The fraction of sp³-hybridized carbons (Fsp3) is 0.316. The highest BCUT2D eigenvalue weighted by molar-refractivity contribution is 5.99. The summed E-state index contributed by atoms with van der Waals surface area (Å²) in [6, 6.07) is 6.78. The van der Waals surface area contributed by atoms with Crippen molar-refractivity contribution in [2.45, 2.75) is 13.0 Å². The highest BCUT2D eigenvalue weighted by atomic mass is 19.3. The molecule has 1 amide bonds. The van der Waals surface area contributed by atoms with Crippen LogP contribution in [0.2, 0.25) is 0 Å². The summed E-state index contributed by atoms with van der Waals surface area (Å²) in [5.74, 6) is -0.404. The lowest BCUT2D eigenvalue weighted by Crippen LogP contribution is -2.26. The third-order valence-corrected chi connectivity index (χ3v) is 4.09. The molecule has 0 aliphatic heterocycles. The van der Waals surface area contributed by atoms with Crippen LogP contribution >= 0.6 is 0 Å². The lowest BCUT2D eigenvalue weighted by atomic mass is 10.1. The maximum absolute atomic E-state index is 12.5. The van der Waals surface area contributed by atoms with E-state index < -0.39 is 23.1 Å². The third kappa shape index (κ3) is 5.46. The highest BCUT2D eigenvalue weighted by Gasteiger charge is 2.24. The number of hydrogen-bond acceptors (Lipinski definition) is 7. The second kappa shape index (κ2) is 10.2. The van der Waals surface area contributed by atoms with E-state index in [2.05, 4.69) is 10.1 Å². The van der Waals surface area contributed by atoms with Gasteiger partial charge in [-0.3, -0.25) is 14.9 Å². The number of nitrogens with zero attached hydrogens (tertiary/aromatic N) is 1. The van der Waals surface area contributed by atoms with Crippen molar-refractivity contribution in [1.82, 2.24) is 5.32 Å². The van der Waals surface area contributed by atoms with Crippen molar-refractivity contribution in [1.29, 1.82) is 0 Å². The molecule has 1 N–H and O–H groups in total. The number of methoxy groups -OCH3 is 3. The zero-order valence-corrected chi connectivity index (χ0v) is 16.4. The number of carbonyl (C=O) groups is 1. The van der Waals surface area contributed by atoms with E-state index >= 15 is 0 Å². The maximum Gasteiger partial charge on any atom is 0.387 e. The fourth-order valence-corrected chi connectivity index (χ4v) is 2.68. The molecule has 0 unspecified atom stereocenters. The second-order valence-electron chi connectivity index (χ2n) is 5.85. The van der Waals surface area contributed by atoms with E-state index in [0.717, 1.165) is 6.07 Å². The number of ether oxygens (including phenoxy) is 4. The molecule has 0 saturated heterocycles. The normalized spacial score (nSPS) is 10.5. The molecule has 0 aromatic heterocycles. The Morgan fingerprint density at radius 1 is 1.03 bits per heavy atom. The van der Waals surface area contributed by atoms with Crippen LogP contribution in [0.15, 0.2) is 30.3 Å². The van der Waals surface area contributed by atoms with Gasteiger partial charge in [0.15, 0.2) is 23.0 Å². The predicted molar refractivity (Wildman–Crippen MR) is 102 cm³/mol. The lowest BCUT2D eigenvalue weighted by molar-refractivity contribution is -0.385. The Labute approximate surface area is 170 Å². The molecule has 2 rings (SSSR count). The number of alkyl halides is 2. The summed E-state index contributed by atoms with van der Waals surface area (Å²) < 4.78 is 44.5. The van der Waals surface area contributed by atoms with E-state index in [4.69, 9.17) is 14.2 Å². The van der Waals surface area contributed by atoms with E-state index in [1.165, 1.54) is 39.5 Å². The molecule has 0 saturated carbocycles. The molecule has 0 heterocycles. The van der Waals surface area contributed by atoms with Crippen molar-refractivity contribution in [3.05, 3.63) is 51.6 Å². The number of nitrogens with one attached hydrogen (secondary N) is 1. The number of carbonyl (C=O) groups excluding carboxylic acids is 1. The molecule has 0 bridgehead atoms. The first-order chi connectivity index (χ1) is 14.3. The van der Waals surface area contributed by atoms with Crippen LogP contribution in [0.1, 0.15) is 15.9 Å². The summed E-state index contributed by atoms with van der Waals surface area (Å²) in [5, 5.41) is 13.9. The largest absolute Gasteiger partial charge is 0.493 e. The molecule has 0 spiro atoms. The predicted octanol–water partition coefficient (Wildman–Crippen LogP) is 3.19. The molecular weight excluding hydrogens is 406 g/mol. The minimum atomic E-state index is -3.01. The lowest BCUT2D eigenvalue weighted by Gasteiger charge is -2.12. The number of rotatable bonds is 10. The molecule has 0 fully saturated rings. The molecule has 2 aromatic carbocycles. The first-order valence-electron chi connectivity index (χ1n) is 8.61. The van der Waals surface area contributed by atoms with E-state index in [1.807, 2.05) is 0 Å². The van der Waals surface area contributed by atoms with Gasteiger partial charge in [0.1, 0.15) is 5.56 Å². The van der Waals surface area contributed by atoms with Crippen molar-refractivity contribution in [2.24, 2.45) is 0 Å². The maximum atomic E-state index is 12.5. The number of amides is 1. The van der Waals surface area contributed by atoms with Gasteiger partial charge in [0.25, 0.3) is 11.6 Å². The van der Waals surface area contributed by atoms with Crippen LogP contribution in [-0.4, -0.2) is 45.3 Å². The average Bonchev–Trinajstić information content (AvgIpc) is 2.72. The van der Waals surface area contributed by atoms with Crippen molar-refractivity contribution < 1.29 is 37.4 Å². The molecule has 2 aromatic rings. The summed E-state index contributed by atoms with van der Waals surface area (Å²) >= 11 is 0. The molecule has 162 valence electrons. The Balaban J connectivity index is 2.14. The summed E-state index contributed by atoms with van der Waals surface area (Å²) in [6.45, 7) is -2.93. The molecule has 0 atom stereocenters. The number of hydrogen-bond donors (Lipinski definition) is 1. The molecule has 11 heteroatoms. The molecular formula is C19H20F2N2O7. The van der Waals surface area contributed by atoms with Gasteiger partial charge in [0.2, 0.25) is 0 Å². The van der Waals surface area contributed by atoms with Gasteiger partial charge in [-0.2, -0.15) is 8.78 Å². The molecule has 9 nitrogen and oxygen atoms in total. The van der Waals surface area contributed by atoms with Crippen LogP contribution in [0.5, 0.6) is 23.0 Å². The first-order valence-corrected chi connectivity index (χ1v) is 8.61. The fourth-order valence-electron chi connectivity index (χ4n) is 2.68. The molecule has 0 aliphatic rings. The van der Waals surface area contributed by atoms with Crippen molar-refractivity contribution in [2.75, 3.05) is 27.9 Å². The monoisotopic (exact) mass is 426 g/mol. The second-order valence-corrected chi connectivity index (χ2v) is 5.85. The Bertz CT molecular complexity index is 922. The Morgan fingerprint density at radius 2 is 1.67 bits per heavy atom. The SMILES string of the molecule is COc1cc(C(=O)NCCc2ccc(OC)c(OC(F)F)c2)c([N+](=O)[O-])cc1OC. The third-order valence-electron chi connectivity index (χ3n) is 4.09. The summed E-state index contributed by atoms with van der Waals surface area (Å²) in [7, 11) is 3.99. The smallest absolute Gasteiger partial charge is 0.387 e. The van der Waals surface area contributed by atoms with E-state index in [1.54, 1.807) is 6.07 Å². The van der Waals surface area contributed by atoms with E-state index in [0.29, 0.717) is 5.56 Å². The van der Waals surface area contributed by atoms with Crippen LogP contribution in [0.3, 0.4) is 0 Å². The van der Waals surface area contributed by atoms with Gasteiger partial charge in [-0.05, 0) is 24.1 Å². The van der Waals surface area contributed by atoms with Crippen LogP contribution < -0.4 is 24.3 Å². The summed E-state index contributed by atoms with van der Waals surface area (Å²) in [5.41, 5.74) is -0.0510. The first kappa shape index (κ1) is 22.7. The highest BCUT2D eigenvalue weighted by Crippen LogP contribution is 2.34. The van der Waals surface area contributed by atoms with Crippen LogP contribution in [-0.2, 0) is 6.42 Å². The molecule has 0 radical (unpaired) electrons. The van der Waals surface area contributed by atoms with E-state index in [9.17, 15) is 23.7 Å². The average molecular weight is 426 g/mol. The standard InChI is InChI=1S/C19H20F2N2O7/c1-27-14-5-4-11(8-17(14)30-19(20)21)6-7-22-18(24)12-9-15(28-2)16(29-3)10-13(12)23(25)26/h4-5,8-10,19H,6-7H2,1-3H3,(H,22,24). The van der Waals surface area contributed by atoms with Crippen molar-refractivity contribution >= 4 is 11.6 Å². The Hall–Kier alpha value is -3.63. The van der Waals surface area contributed by atoms with Gasteiger partial charge in [0, 0.05) is 12.6 Å². The quantitative estimate of drug-likeness (QED) is 0.459. The minimum absolute atomic E-state index is 0.0881. The van der Waals surface area contributed by atoms with Gasteiger partial charge in [-0.25, -0.2) is 0 Å². The van der Waals surface area contributed by atoms with Crippen LogP contribution in [0, 0.1) is 10.1 Å². The number of halogens is 2. The number of nitro groups is 1. The van der Waals surface area contributed by atoms with Crippen molar-refractivity contribution in [3.63, 3.8) is 0 Å². The topological polar surface area (TPSA) is 109 Å². The number of nitro benzene ring substituents is 1. The van der Waals surface area contributed by atoms with Gasteiger partial charge >= 0.3 is 6.61 Å². The zero-order chi connectivity index (χ0) is 22.3. The van der Waals surface area contributed by atoms with E-state index in [-0.39, 0.29) is 41.5 Å². The molecule has 30 heavy (non-hydrogen) atoms. The van der Waals surface area contributed by atoms with Crippen LogP contribution in [0.25, 0.3) is 0 Å². The Kier molecular flexibility index (Phi) is 7.73. The van der Waals surface area contributed by atoms with Crippen molar-refractivity contribution in [3.8, 4) is 23.0 Å². The van der Waals surface area contributed by atoms with Gasteiger partial charge in [-0.15, -0.1) is 0 Å². The summed E-state index contributed by atoms with van der Waals surface area (Å²) in [6.07, 6.45) is 0.260. The summed E-state index contributed by atoms with van der Waals surface area (Å²) in [4.78, 5) is 23.1. The molecule has 0 aliphatic carbocycles. The Morgan fingerprint density at radius 3 is 2.23 bits per heavy atom. The van der Waals surface area contributed by atoms with Crippen LogP contribution in [0.4, 0.5) is 14.5 Å². The minimum Gasteiger partial charge on any atom is -0.493 e.